The summed E-state index contributed by atoms with van der Waals surface area (Å²) >= 11 is 0. The van der Waals surface area contributed by atoms with Crippen LogP contribution in [0.3, 0.4) is 0 Å². The minimum absolute atomic E-state index is 0.103. The van der Waals surface area contributed by atoms with Crippen molar-refractivity contribution in [3.05, 3.63) is 0 Å². The standard InChI is InChI=1S/C74H144O17P2/c1-8-9-10-11-12-13-14-15-21-24-27-34-41-48-55-71(76)84-61-69(90-73(78)57-50-43-35-28-25-22-19-17-16-18-20-23-26-31-38-45-52-65(2)3)63-88-92(80,81)86-59-68(75)60-87-93(82,83)89-64-70(91-74(79)58-51-44-37-30-33-40-47-54-67(6)7)62-85-72(77)56-49-42-36-29-32-39-46-53-66(4)5/h65-70,75H,8-64H2,1-7H3,(H,80,81)(H,82,83)/t68-,69-,70-/m1/s1. The Balaban J connectivity index is 5.22. The second-order valence-electron chi connectivity index (χ2n) is 28.1. The van der Waals surface area contributed by atoms with E-state index in [2.05, 4.69) is 48.5 Å². The summed E-state index contributed by atoms with van der Waals surface area (Å²) in [6.45, 7) is 11.8. The van der Waals surface area contributed by atoms with Crippen LogP contribution in [0.5, 0.6) is 0 Å². The van der Waals surface area contributed by atoms with Gasteiger partial charge >= 0.3 is 39.5 Å². The van der Waals surface area contributed by atoms with Crippen LogP contribution < -0.4 is 0 Å². The molecule has 0 aromatic carbocycles. The first-order valence-electron chi connectivity index (χ1n) is 38.3. The molecule has 0 saturated heterocycles. The molecule has 0 bridgehead atoms. The Morgan fingerprint density at radius 2 is 0.495 bits per heavy atom. The van der Waals surface area contributed by atoms with Gasteiger partial charge in [0.05, 0.1) is 26.4 Å². The highest BCUT2D eigenvalue weighted by molar-refractivity contribution is 7.47. The van der Waals surface area contributed by atoms with Crippen LogP contribution in [0.4, 0.5) is 0 Å². The largest absolute Gasteiger partial charge is 0.472 e. The average molecular weight is 1370 g/mol. The molecule has 17 nitrogen and oxygen atoms in total. The Bertz CT molecular complexity index is 1820. The van der Waals surface area contributed by atoms with Crippen LogP contribution in [-0.4, -0.2) is 96.7 Å². The van der Waals surface area contributed by atoms with Gasteiger partial charge in [0.15, 0.2) is 12.2 Å². The van der Waals surface area contributed by atoms with Crippen LogP contribution in [0.1, 0.15) is 376 Å². The molecule has 0 spiro atoms. The molecule has 0 rings (SSSR count). The fourth-order valence-corrected chi connectivity index (χ4v) is 12.8. The van der Waals surface area contributed by atoms with Gasteiger partial charge in [-0.15, -0.1) is 0 Å². The van der Waals surface area contributed by atoms with Crippen molar-refractivity contribution >= 4 is 39.5 Å². The van der Waals surface area contributed by atoms with Crippen molar-refractivity contribution in [1.29, 1.82) is 0 Å². The van der Waals surface area contributed by atoms with Crippen molar-refractivity contribution in [2.75, 3.05) is 39.6 Å². The van der Waals surface area contributed by atoms with Crippen LogP contribution in [0.2, 0.25) is 0 Å². The van der Waals surface area contributed by atoms with Crippen molar-refractivity contribution in [3.63, 3.8) is 0 Å². The lowest BCUT2D eigenvalue weighted by molar-refractivity contribution is -0.161. The molecular formula is C74H144O17P2. The molecule has 0 aromatic heterocycles. The second-order valence-corrected chi connectivity index (χ2v) is 31.0. The van der Waals surface area contributed by atoms with E-state index in [9.17, 15) is 43.2 Å². The normalized spacial score (nSPS) is 14.1. The van der Waals surface area contributed by atoms with Crippen molar-refractivity contribution in [2.24, 2.45) is 17.8 Å². The highest BCUT2D eigenvalue weighted by Crippen LogP contribution is 2.45. The van der Waals surface area contributed by atoms with E-state index in [4.69, 9.17) is 37.0 Å². The van der Waals surface area contributed by atoms with Crippen LogP contribution in [0.15, 0.2) is 0 Å². The van der Waals surface area contributed by atoms with Crippen molar-refractivity contribution in [2.45, 2.75) is 394 Å². The fraction of sp³-hybridized carbons (Fsp3) is 0.946. The Morgan fingerprint density at radius 3 is 0.731 bits per heavy atom. The van der Waals surface area contributed by atoms with E-state index in [0.29, 0.717) is 37.5 Å². The monoisotopic (exact) mass is 1370 g/mol. The van der Waals surface area contributed by atoms with Gasteiger partial charge in [-0.25, -0.2) is 9.13 Å². The number of phosphoric ester groups is 2. The fourth-order valence-electron chi connectivity index (χ4n) is 11.2. The molecule has 5 atom stereocenters. The summed E-state index contributed by atoms with van der Waals surface area (Å²) < 4.78 is 68.4. The molecule has 0 aliphatic rings. The number of aliphatic hydroxyl groups is 1. The first-order valence-corrected chi connectivity index (χ1v) is 41.3. The summed E-state index contributed by atoms with van der Waals surface area (Å²) in [5, 5.41) is 10.6. The molecule has 0 aromatic rings. The van der Waals surface area contributed by atoms with Crippen LogP contribution in [0, 0.1) is 17.8 Å². The number of hydrogen-bond donors (Lipinski definition) is 3. The van der Waals surface area contributed by atoms with E-state index in [-0.39, 0.29) is 25.7 Å². The third-order valence-electron chi connectivity index (χ3n) is 17.1. The number of aliphatic hydroxyl groups excluding tert-OH is 1. The number of unbranched alkanes of at least 4 members (excludes halogenated alkanes) is 40. The molecule has 0 aliphatic carbocycles. The van der Waals surface area contributed by atoms with Crippen molar-refractivity contribution in [3.8, 4) is 0 Å². The second kappa shape index (κ2) is 64.7. The maximum absolute atomic E-state index is 13.1. The third-order valence-corrected chi connectivity index (χ3v) is 19.0. The SMILES string of the molecule is CCCCCCCCCCCCCCCCC(=O)OC[C@H](COP(=O)(O)OC[C@@H](O)COP(=O)(O)OC[C@@H](COC(=O)CCCCCCCCCC(C)C)OC(=O)CCCCCCCCCC(C)C)OC(=O)CCCCCCCCCCCCCCCCCCC(C)C. The van der Waals surface area contributed by atoms with Gasteiger partial charge in [0.1, 0.15) is 19.3 Å². The number of carbonyl (C=O) groups excluding carboxylic acids is 4. The lowest BCUT2D eigenvalue weighted by Crippen LogP contribution is -2.30. The Labute approximate surface area is 568 Å². The van der Waals surface area contributed by atoms with Crippen molar-refractivity contribution < 1.29 is 80.2 Å². The highest BCUT2D eigenvalue weighted by Gasteiger charge is 2.30. The Hall–Kier alpha value is -1.94. The first kappa shape index (κ1) is 91.1. The molecule has 0 saturated carbocycles. The molecule has 2 unspecified atom stereocenters. The zero-order valence-corrected chi connectivity index (χ0v) is 62.5. The molecule has 0 fully saturated rings. The van der Waals surface area contributed by atoms with Gasteiger partial charge in [0, 0.05) is 25.7 Å². The van der Waals surface area contributed by atoms with Crippen molar-refractivity contribution in [1.82, 2.24) is 0 Å². The maximum Gasteiger partial charge on any atom is 0.472 e. The van der Waals surface area contributed by atoms with E-state index < -0.39 is 97.5 Å². The number of hydrogen-bond acceptors (Lipinski definition) is 15. The Morgan fingerprint density at radius 1 is 0.290 bits per heavy atom. The van der Waals surface area contributed by atoms with Gasteiger partial charge in [-0.3, -0.25) is 37.3 Å². The number of rotatable bonds is 72. The number of esters is 4. The highest BCUT2D eigenvalue weighted by atomic mass is 31.2. The molecule has 0 aliphatic heterocycles. The summed E-state index contributed by atoms with van der Waals surface area (Å²) in [5.74, 6) is 0.0868. The van der Waals surface area contributed by atoms with E-state index in [1.54, 1.807) is 0 Å². The van der Waals surface area contributed by atoms with E-state index >= 15 is 0 Å². The van der Waals surface area contributed by atoms with E-state index in [1.807, 2.05) is 0 Å². The number of ether oxygens (including phenoxy) is 4. The zero-order valence-electron chi connectivity index (χ0n) is 60.7. The van der Waals surface area contributed by atoms with Gasteiger partial charge < -0.3 is 33.8 Å². The molecule has 0 radical (unpaired) electrons. The van der Waals surface area contributed by atoms with Gasteiger partial charge in [-0.2, -0.15) is 0 Å². The average Bonchev–Trinajstić information content (AvgIpc) is 1.42. The smallest absolute Gasteiger partial charge is 0.462 e. The molecule has 93 heavy (non-hydrogen) atoms. The molecule has 0 amide bonds. The summed E-state index contributed by atoms with van der Waals surface area (Å²) in [6.07, 6.45) is 50.2. The summed E-state index contributed by atoms with van der Waals surface area (Å²) in [7, 11) is -9.91. The lowest BCUT2D eigenvalue weighted by atomic mass is 10.0. The molecule has 552 valence electrons. The molecule has 3 N–H and O–H groups in total. The van der Waals surface area contributed by atoms with Gasteiger partial charge in [-0.1, -0.05) is 325 Å². The van der Waals surface area contributed by atoms with Crippen LogP contribution >= 0.6 is 15.6 Å². The number of carbonyl (C=O) groups is 4. The third kappa shape index (κ3) is 68.4. The predicted octanol–water partition coefficient (Wildman–Crippen LogP) is 21.4. The van der Waals surface area contributed by atoms with Gasteiger partial charge in [-0.05, 0) is 43.4 Å². The maximum atomic E-state index is 13.1. The summed E-state index contributed by atoms with van der Waals surface area (Å²) in [5.41, 5.74) is 0. The van der Waals surface area contributed by atoms with Crippen LogP contribution in [0.25, 0.3) is 0 Å². The lowest BCUT2D eigenvalue weighted by Gasteiger charge is -2.21. The van der Waals surface area contributed by atoms with Gasteiger partial charge in [0.2, 0.25) is 0 Å². The zero-order chi connectivity index (χ0) is 68.7. The van der Waals surface area contributed by atoms with Gasteiger partial charge in [0.25, 0.3) is 0 Å². The molecular weight excluding hydrogens is 1220 g/mol. The first-order chi connectivity index (χ1) is 44.7. The topological polar surface area (TPSA) is 237 Å². The van der Waals surface area contributed by atoms with E-state index in [0.717, 1.165) is 102 Å². The predicted molar refractivity (Wildman–Crippen MR) is 377 cm³/mol. The molecule has 19 heteroatoms. The quantitative estimate of drug-likeness (QED) is 0.0222. The summed E-state index contributed by atoms with van der Waals surface area (Å²) in [4.78, 5) is 72.7. The summed E-state index contributed by atoms with van der Waals surface area (Å²) in [6, 6.07) is 0. The minimum Gasteiger partial charge on any atom is -0.462 e. The minimum atomic E-state index is -4.96. The Kier molecular flexibility index (Phi) is 63.4. The van der Waals surface area contributed by atoms with E-state index in [1.165, 1.54) is 180 Å². The van der Waals surface area contributed by atoms with Crippen LogP contribution in [-0.2, 0) is 65.4 Å². The number of phosphoric acid groups is 2. The molecule has 0 heterocycles.